The third-order valence-electron chi connectivity index (χ3n) is 0.874. The largest absolute Gasteiger partial charge is 0.404 e. The lowest BCUT2D eigenvalue weighted by atomic mass is 10.6. The Morgan fingerprint density at radius 1 is 1.90 bits per heavy atom. The molecule has 0 radical (unpaired) electrons. The first-order chi connectivity index (χ1) is 4.70. The van der Waals surface area contributed by atoms with Crippen LogP contribution in [-0.2, 0) is 4.79 Å². The summed E-state index contributed by atoms with van der Waals surface area (Å²) >= 11 is 0. The van der Waals surface area contributed by atoms with Crippen molar-refractivity contribution in [2.24, 2.45) is 0 Å². The second kappa shape index (κ2) is 2.38. The molecule has 0 unspecified atom stereocenters. The molecule has 0 aliphatic rings. The molecule has 0 bridgehead atoms. The van der Waals surface area contributed by atoms with Crippen molar-refractivity contribution in [3.8, 4) is 5.88 Å². The molecule has 5 heteroatoms. The van der Waals surface area contributed by atoms with E-state index in [9.17, 15) is 4.79 Å². The van der Waals surface area contributed by atoms with E-state index in [4.69, 9.17) is 5.73 Å². The number of H-pyrrole nitrogens is 1. The molecule has 0 spiro atoms. The Labute approximate surface area is 57.2 Å². The standard InChI is InChI=1S/C5H7N3O2/c1-3(9)10-5-4(6)2-7-8-5/h2H,6H2,1H3,(H,7,8). The summed E-state index contributed by atoms with van der Waals surface area (Å²) in [5.74, 6) is -0.300. The number of carbonyl (C=O) groups is 1. The maximum atomic E-state index is 10.3. The van der Waals surface area contributed by atoms with E-state index in [1.807, 2.05) is 0 Å². The number of nitrogen functional groups attached to an aromatic ring is 1. The predicted octanol–water partition coefficient (Wildman–Crippen LogP) is -0.0828. The number of hydrogen-bond acceptors (Lipinski definition) is 4. The van der Waals surface area contributed by atoms with Gasteiger partial charge < -0.3 is 10.5 Å². The average Bonchev–Trinajstić information content (AvgIpc) is 2.15. The summed E-state index contributed by atoms with van der Waals surface area (Å²) in [5, 5.41) is 6.01. The molecule has 0 saturated carbocycles. The van der Waals surface area contributed by atoms with E-state index < -0.39 is 5.97 Å². The van der Waals surface area contributed by atoms with E-state index in [2.05, 4.69) is 14.9 Å². The fourth-order valence-corrected chi connectivity index (χ4v) is 0.505. The van der Waals surface area contributed by atoms with Crippen LogP contribution in [0.5, 0.6) is 5.88 Å². The van der Waals surface area contributed by atoms with Gasteiger partial charge in [-0.05, 0) is 0 Å². The summed E-state index contributed by atoms with van der Waals surface area (Å²) < 4.78 is 4.58. The minimum atomic E-state index is -0.432. The van der Waals surface area contributed by atoms with E-state index in [0.717, 1.165) is 0 Å². The van der Waals surface area contributed by atoms with Gasteiger partial charge in [0.1, 0.15) is 5.69 Å². The van der Waals surface area contributed by atoms with Gasteiger partial charge in [0.05, 0.1) is 0 Å². The van der Waals surface area contributed by atoms with Gasteiger partial charge in [0.15, 0.2) is 0 Å². The Bertz CT molecular complexity index is 243. The average molecular weight is 141 g/mol. The second-order valence-electron chi connectivity index (χ2n) is 1.74. The highest BCUT2D eigenvalue weighted by Crippen LogP contribution is 2.14. The van der Waals surface area contributed by atoms with Gasteiger partial charge in [-0.15, -0.1) is 5.10 Å². The molecule has 3 N–H and O–H groups in total. The topological polar surface area (TPSA) is 81.0 Å². The van der Waals surface area contributed by atoms with Crippen molar-refractivity contribution >= 4 is 11.7 Å². The van der Waals surface area contributed by atoms with Gasteiger partial charge in [0, 0.05) is 13.1 Å². The zero-order valence-electron chi connectivity index (χ0n) is 5.42. The lowest BCUT2D eigenvalue weighted by molar-refractivity contribution is -0.132. The number of nitrogens with zero attached hydrogens (tertiary/aromatic N) is 1. The summed E-state index contributed by atoms with van der Waals surface area (Å²) in [5.41, 5.74) is 5.65. The highest BCUT2D eigenvalue weighted by molar-refractivity contribution is 5.70. The van der Waals surface area contributed by atoms with Crippen molar-refractivity contribution in [2.75, 3.05) is 5.73 Å². The van der Waals surface area contributed by atoms with Gasteiger partial charge >= 0.3 is 5.97 Å². The number of aromatic amines is 1. The summed E-state index contributed by atoms with van der Waals surface area (Å²) in [4.78, 5) is 10.3. The molecule has 5 nitrogen and oxygen atoms in total. The molecular formula is C5H7N3O2. The summed E-state index contributed by atoms with van der Waals surface area (Å²) in [6.45, 7) is 1.29. The number of nitrogens with two attached hydrogens (primary N) is 1. The third-order valence-corrected chi connectivity index (χ3v) is 0.874. The van der Waals surface area contributed by atoms with E-state index in [0.29, 0.717) is 5.69 Å². The van der Waals surface area contributed by atoms with Gasteiger partial charge in [-0.3, -0.25) is 9.89 Å². The fourth-order valence-electron chi connectivity index (χ4n) is 0.505. The van der Waals surface area contributed by atoms with Crippen molar-refractivity contribution in [1.82, 2.24) is 10.2 Å². The van der Waals surface area contributed by atoms with Crippen LogP contribution in [0, 0.1) is 0 Å². The van der Waals surface area contributed by atoms with Crippen LogP contribution in [0.15, 0.2) is 6.20 Å². The number of ether oxygens (including phenoxy) is 1. The van der Waals surface area contributed by atoms with E-state index in [1.165, 1.54) is 13.1 Å². The zero-order valence-corrected chi connectivity index (χ0v) is 5.42. The molecule has 0 saturated heterocycles. The van der Waals surface area contributed by atoms with Crippen molar-refractivity contribution in [3.05, 3.63) is 6.20 Å². The number of hydrogen-bond donors (Lipinski definition) is 2. The summed E-state index contributed by atoms with van der Waals surface area (Å²) in [6, 6.07) is 0. The van der Waals surface area contributed by atoms with Crippen molar-refractivity contribution in [3.63, 3.8) is 0 Å². The highest BCUT2D eigenvalue weighted by Gasteiger charge is 2.03. The zero-order chi connectivity index (χ0) is 7.56. The third kappa shape index (κ3) is 1.25. The smallest absolute Gasteiger partial charge is 0.309 e. The lowest BCUT2D eigenvalue weighted by Gasteiger charge is -1.94. The summed E-state index contributed by atoms with van der Waals surface area (Å²) in [7, 11) is 0. The molecular weight excluding hydrogens is 134 g/mol. The SMILES string of the molecule is CC(=O)Oc1n[nH]cc1N. The van der Waals surface area contributed by atoms with Crippen molar-refractivity contribution < 1.29 is 9.53 Å². The van der Waals surface area contributed by atoms with Crippen LogP contribution < -0.4 is 10.5 Å². The lowest BCUT2D eigenvalue weighted by Crippen LogP contribution is -2.03. The first kappa shape index (κ1) is 6.60. The minimum Gasteiger partial charge on any atom is -0.404 e. The predicted molar refractivity (Wildman–Crippen MR) is 34.3 cm³/mol. The fraction of sp³-hybridized carbons (Fsp3) is 0.200. The van der Waals surface area contributed by atoms with Crippen LogP contribution >= 0.6 is 0 Å². The van der Waals surface area contributed by atoms with Crippen LogP contribution in [0.1, 0.15) is 6.92 Å². The normalized spacial score (nSPS) is 9.30. The van der Waals surface area contributed by atoms with E-state index in [-0.39, 0.29) is 5.88 Å². The maximum Gasteiger partial charge on any atom is 0.309 e. The Morgan fingerprint density at radius 2 is 2.60 bits per heavy atom. The molecule has 0 atom stereocenters. The molecule has 0 fully saturated rings. The number of rotatable bonds is 1. The van der Waals surface area contributed by atoms with Gasteiger partial charge in [0.25, 0.3) is 5.88 Å². The van der Waals surface area contributed by atoms with Crippen LogP contribution in [-0.4, -0.2) is 16.2 Å². The Hall–Kier alpha value is -1.52. The Kier molecular flexibility index (Phi) is 1.57. The van der Waals surface area contributed by atoms with Gasteiger partial charge in [-0.25, -0.2) is 0 Å². The molecule has 1 aromatic heterocycles. The van der Waals surface area contributed by atoms with E-state index >= 15 is 0 Å². The van der Waals surface area contributed by atoms with Crippen molar-refractivity contribution in [1.29, 1.82) is 0 Å². The molecule has 0 aliphatic carbocycles. The van der Waals surface area contributed by atoms with Gasteiger partial charge in [-0.2, -0.15) is 0 Å². The minimum absolute atomic E-state index is 0.132. The van der Waals surface area contributed by atoms with Crippen LogP contribution in [0.4, 0.5) is 5.69 Å². The highest BCUT2D eigenvalue weighted by atomic mass is 16.5. The molecule has 0 aromatic carbocycles. The number of nitrogens with one attached hydrogen (secondary N) is 1. The monoisotopic (exact) mass is 141 g/mol. The van der Waals surface area contributed by atoms with Crippen LogP contribution in [0.25, 0.3) is 0 Å². The van der Waals surface area contributed by atoms with Crippen LogP contribution in [0.3, 0.4) is 0 Å². The number of anilines is 1. The van der Waals surface area contributed by atoms with Crippen molar-refractivity contribution in [2.45, 2.75) is 6.92 Å². The number of aromatic nitrogens is 2. The van der Waals surface area contributed by atoms with E-state index in [1.54, 1.807) is 0 Å². The first-order valence-corrected chi connectivity index (χ1v) is 2.68. The molecule has 54 valence electrons. The quantitative estimate of drug-likeness (QED) is 0.536. The molecule has 1 rings (SSSR count). The second-order valence-corrected chi connectivity index (χ2v) is 1.74. The molecule has 0 amide bonds. The van der Waals surface area contributed by atoms with Crippen LogP contribution in [0.2, 0.25) is 0 Å². The number of esters is 1. The van der Waals surface area contributed by atoms with Gasteiger partial charge in [-0.1, -0.05) is 0 Å². The van der Waals surface area contributed by atoms with Gasteiger partial charge in [0.2, 0.25) is 0 Å². The Balaban J connectivity index is 2.74. The summed E-state index contributed by atoms with van der Waals surface area (Å²) in [6.07, 6.45) is 1.44. The Morgan fingerprint density at radius 3 is 3.00 bits per heavy atom. The molecule has 10 heavy (non-hydrogen) atoms. The number of carbonyl (C=O) groups excluding carboxylic acids is 1. The first-order valence-electron chi connectivity index (χ1n) is 2.68. The molecule has 1 aromatic rings. The molecule has 0 aliphatic heterocycles. The molecule has 1 heterocycles. The maximum absolute atomic E-state index is 10.3.